The average Bonchev–Trinajstić information content (AvgIpc) is 2.87. The maximum absolute atomic E-state index is 8.78. The molecule has 0 aliphatic carbocycles. The van der Waals surface area contributed by atoms with Gasteiger partial charge in [0, 0.05) is 4.91 Å². The Morgan fingerprint density at radius 3 is 2.67 bits per heavy atom. The van der Waals surface area contributed by atoms with Gasteiger partial charge in [0.1, 0.15) is 29.4 Å². The van der Waals surface area contributed by atoms with Crippen LogP contribution in [0, 0.1) is 0 Å². The first-order chi connectivity index (χ1) is 11.5. The quantitative estimate of drug-likeness (QED) is 0.329. The highest BCUT2D eigenvalue weighted by atomic mass is 79.9. The highest BCUT2D eigenvalue weighted by Crippen LogP contribution is 2.40. The van der Waals surface area contributed by atoms with E-state index in [2.05, 4.69) is 26.0 Å². The molecule has 1 aromatic rings. The van der Waals surface area contributed by atoms with Gasteiger partial charge in [-0.15, -0.1) is 0 Å². The summed E-state index contributed by atoms with van der Waals surface area (Å²) in [6.07, 6.45) is -1.03. The maximum atomic E-state index is 8.78. The van der Waals surface area contributed by atoms with E-state index in [-0.39, 0.29) is 18.3 Å². The minimum atomic E-state index is -0.753. The normalized spacial score (nSPS) is 34.4. The minimum absolute atomic E-state index is 0.310. The van der Waals surface area contributed by atoms with E-state index >= 15 is 0 Å². The summed E-state index contributed by atoms with van der Waals surface area (Å²) in [5.41, 5.74) is 9.87. The minimum Gasteiger partial charge on any atom is -0.374 e. The zero-order valence-electron chi connectivity index (χ0n) is 13.5. The van der Waals surface area contributed by atoms with E-state index in [0.29, 0.717) is 13.2 Å². The molecule has 7 nitrogen and oxygen atoms in total. The largest absolute Gasteiger partial charge is 0.374 e. The molecule has 0 unspecified atom stereocenters. The van der Waals surface area contributed by atoms with E-state index in [1.54, 1.807) is 0 Å². The Bertz CT molecular complexity index is 609. The number of rotatable bonds is 5. The molecule has 2 fully saturated rings. The van der Waals surface area contributed by atoms with Crippen LogP contribution < -0.4 is 0 Å². The van der Waals surface area contributed by atoms with Crippen molar-refractivity contribution in [2.24, 2.45) is 5.11 Å². The predicted octanol–water partition coefficient (Wildman–Crippen LogP) is 3.52. The van der Waals surface area contributed by atoms with Gasteiger partial charge in [-0.05, 0) is 24.9 Å². The molecule has 0 aromatic heterocycles. The van der Waals surface area contributed by atoms with Gasteiger partial charge in [-0.3, -0.25) is 0 Å². The van der Waals surface area contributed by atoms with E-state index in [9.17, 15) is 0 Å². The molecule has 1 aromatic carbocycles. The van der Waals surface area contributed by atoms with Gasteiger partial charge in [-0.1, -0.05) is 51.4 Å². The fourth-order valence-corrected chi connectivity index (χ4v) is 3.71. The lowest BCUT2D eigenvalue weighted by Gasteiger charge is -2.38. The van der Waals surface area contributed by atoms with Gasteiger partial charge in [-0.2, -0.15) is 0 Å². The van der Waals surface area contributed by atoms with Crippen LogP contribution in [0.2, 0.25) is 0 Å². The molecule has 2 aliphatic rings. The number of ether oxygens (including phenoxy) is 4. The van der Waals surface area contributed by atoms with Crippen molar-refractivity contribution in [1.29, 1.82) is 0 Å². The smallest absolute Gasteiger partial charge is 0.163 e. The molecule has 8 heteroatoms. The van der Waals surface area contributed by atoms with Gasteiger partial charge in [-0.25, -0.2) is 0 Å². The molecule has 0 bridgehead atoms. The zero-order valence-corrected chi connectivity index (χ0v) is 15.1. The van der Waals surface area contributed by atoms with E-state index in [1.165, 1.54) is 0 Å². The molecule has 0 amide bonds. The third-order valence-electron chi connectivity index (χ3n) is 4.02. The standard InChI is InChI=1S/C16H20BrN3O4/c1-16(2)23-13-11(9-21-8-10-6-4-3-5-7-10)22-15(17)12(19-20-18)14(13)24-16/h3-7,11-15H,8-9H2,1-2H3/t11-,12-,13+,14-,15+/m1/s1. The molecule has 24 heavy (non-hydrogen) atoms. The summed E-state index contributed by atoms with van der Waals surface area (Å²) < 4.78 is 23.6. The maximum Gasteiger partial charge on any atom is 0.163 e. The number of fused-ring (bicyclic) bond motifs is 1. The van der Waals surface area contributed by atoms with Crippen LogP contribution in [-0.2, 0) is 25.6 Å². The van der Waals surface area contributed by atoms with Crippen molar-refractivity contribution in [3.8, 4) is 0 Å². The molecule has 0 saturated carbocycles. The third kappa shape index (κ3) is 3.91. The summed E-state index contributed by atoms with van der Waals surface area (Å²) in [6, 6.07) is 9.44. The Kier molecular flexibility index (Phi) is 5.44. The second-order valence-electron chi connectivity index (χ2n) is 6.29. The number of nitrogens with zero attached hydrogens (tertiary/aromatic N) is 3. The summed E-state index contributed by atoms with van der Waals surface area (Å²) in [5.74, 6) is -0.753. The highest BCUT2D eigenvalue weighted by molar-refractivity contribution is 9.09. The zero-order chi connectivity index (χ0) is 17.2. The molecule has 0 spiro atoms. The van der Waals surface area contributed by atoms with Crippen molar-refractivity contribution in [2.45, 2.75) is 55.6 Å². The van der Waals surface area contributed by atoms with Crippen LogP contribution in [0.1, 0.15) is 19.4 Å². The molecule has 0 N–H and O–H groups in total. The van der Waals surface area contributed by atoms with Crippen LogP contribution in [-0.4, -0.2) is 41.8 Å². The molecule has 2 saturated heterocycles. The fraction of sp³-hybridized carbons (Fsp3) is 0.625. The summed E-state index contributed by atoms with van der Waals surface area (Å²) in [4.78, 5) is 2.89. The highest BCUT2D eigenvalue weighted by Gasteiger charge is 2.54. The van der Waals surface area contributed by atoms with Crippen molar-refractivity contribution in [1.82, 2.24) is 0 Å². The monoisotopic (exact) mass is 397 g/mol. The fourth-order valence-electron chi connectivity index (χ4n) is 3.02. The summed E-state index contributed by atoms with van der Waals surface area (Å²) in [6.45, 7) is 4.53. The summed E-state index contributed by atoms with van der Waals surface area (Å²) in [7, 11) is 0. The molecular weight excluding hydrogens is 378 g/mol. The summed E-state index contributed by atoms with van der Waals surface area (Å²) in [5, 5.41) is 3.35. The molecule has 2 heterocycles. The molecule has 130 valence electrons. The Labute approximate surface area is 149 Å². The van der Waals surface area contributed by atoms with Crippen LogP contribution in [0.4, 0.5) is 0 Å². The molecule has 5 atom stereocenters. The van der Waals surface area contributed by atoms with Crippen LogP contribution in [0.3, 0.4) is 0 Å². The van der Waals surface area contributed by atoms with Crippen LogP contribution in [0.15, 0.2) is 35.4 Å². The van der Waals surface area contributed by atoms with Gasteiger partial charge in [0.15, 0.2) is 5.79 Å². The lowest BCUT2D eigenvalue weighted by Crippen LogP contribution is -2.54. The van der Waals surface area contributed by atoms with Gasteiger partial charge in [0.25, 0.3) is 0 Å². The second kappa shape index (κ2) is 7.39. The van der Waals surface area contributed by atoms with E-state index in [0.717, 1.165) is 5.56 Å². The van der Waals surface area contributed by atoms with Gasteiger partial charge >= 0.3 is 0 Å². The Balaban J connectivity index is 1.66. The third-order valence-corrected chi connectivity index (χ3v) is 4.78. The SMILES string of the molecule is CC1(C)O[C@@H]2[C@@H](N=[N+]=[N-])[C@@H](Br)O[C@H](COCc3ccccc3)[C@@H]2O1. The average molecular weight is 398 g/mol. The number of azide groups is 1. The first-order valence-corrected chi connectivity index (χ1v) is 8.73. The van der Waals surface area contributed by atoms with E-state index < -0.39 is 16.8 Å². The lowest BCUT2D eigenvalue weighted by atomic mass is 9.99. The van der Waals surface area contributed by atoms with Crippen molar-refractivity contribution in [3.63, 3.8) is 0 Å². The number of hydrogen-bond acceptors (Lipinski definition) is 5. The second-order valence-corrected chi connectivity index (χ2v) is 7.19. The Hall–Kier alpha value is -1.15. The number of alkyl halides is 1. The Morgan fingerprint density at radius 2 is 1.96 bits per heavy atom. The number of benzene rings is 1. The molecular formula is C16H20BrN3O4. The molecule has 3 rings (SSSR count). The van der Waals surface area contributed by atoms with Gasteiger partial charge in [0.05, 0.1) is 13.2 Å². The topological polar surface area (TPSA) is 85.7 Å². The molecule has 0 radical (unpaired) electrons. The van der Waals surface area contributed by atoms with Crippen molar-refractivity contribution in [3.05, 3.63) is 46.3 Å². The van der Waals surface area contributed by atoms with Crippen LogP contribution in [0.25, 0.3) is 10.4 Å². The van der Waals surface area contributed by atoms with Crippen LogP contribution in [0.5, 0.6) is 0 Å². The van der Waals surface area contributed by atoms with Crippen LogP contribution >= 0.6 is 15.9 Å². The number of halogens is 1. The molecule has 2 aliphatic heterocycles. The van der Waals surface area contributed by atoms with Crippen molar-refractivity contribution < 1.29 is 18.9 Å². The Morgan fingerprint density at radius 1 is 1.25 bits per heavy atom. The predicted molar refractivity (Wildman–Crippen MR) is 90.4 cm³/mol. The van der Waals surface area contributed by atoms with Gasteiger partial charge < -0.3 is 18.9 Å². The first-order valence-electron chi connectivity index (χ1n) is 7.81. The van der Waals surface area contributed by atoms with Crippen molar-refractivity contribution in [2.75, 3.05) is 6.61 Å². The first kappa shape index (κ1) is 17.7. The lowest BCUT2D eigenvalue weighted by molar-refractivity contribution is -0.162. The van der Waals surface area contributed by atoms with Crippen molar-refractivity contribution >= 4 is 15.9 Å². The summed E-state index contributed by atoms with van der Waals surface area (Å²) >= 11 is 3.43. The number of hydrogen-bond donors (Lipinski definition) is 0. The van der Waals surface area contributed by atoms with Gasteiger partial charge in [0.2, 0.25) is 0 Å². The van der Waals surface area contributed by atoms with E-state index in [4.69, 9.17) is 24.5 Å². The van der Waals surface area contributed by atoms with E-state index in [1.807, 2.05) is 44.2 Å².